The van der Waals surface area contributed by atoms with E-state index in [-0.39, 0.29) is 11.5 Å². The van der Waals surface area contributed by atoms with Crippen LogP contribution in [-0.4, -0.2) is 57.5 Å². The molecule has 1 amide bonds. The van der Waals surface area contributed by atoms with Crippen LogP contribution in [-0.2, 0) is 29.1 Å². The van der Waals surface area contributed by atoms with Crippen LogP contribution >= 0.6 is 0 Å². The molecule has 1 aromatic carbocycles. The summed E-state index contributed by atoms with van der Waals surface area (Å²) < 4.78 is 35.9. The molecule has 1 aliphatic heterocycles. The van der Waals surface area contributed by atoms with Gasteiger partial charge in [-0.3, -0.25) is 9.59 Å². The van der Waals surface area contributed by atoms with Crippen molar-refractivity contribution < 1.29 is 27.5 Å². The quantitative estimate of drug-likeness (QED) is 0.768. The first-order valence-electron chi connectivity index (χ1n) is 7.01. The predicted molar refractivity (Wildman–Crippen MR) is 81.3 cm³/mol. The van der Waals surface area contributed by atoms with E-state index in [1.54, 1.807) is 0 Å². The highest BCUT2D eigenvalue weighted by Crippen LogP contribution is 2.19. The Labute approximate surface area is 134 Å². The lowest BCUT2D eigenvalue weighted by molar-refractivity contribution is -0.144. The molecule has 0 aliphatic carbocycles. The average molecular weight is 342 g/mol. The molecule has 0 spiro atoms. The van der Waals surface area contributed by atoms with Crippen LogP contribution in [0.4, 0.5) is 5.69 Å². The first-order chi connectivity index (χ1) is 10.9. The predicted octanol–water partition coefficient (Wildman–Crippen LogP) is 0.209. The van der Waals surface area contributed by atoms with Crippen molar-refractivity contribution in [2.45, 2.75) is 11.8 Å². The molecule has 0 radical (unpaired) electrons. The van der Waals surface area contributed by atoms with Crippen LogP contribution in [0.1, 0.15) is 6.92 Å². The minimum Gasteiger partial charge on any atom is -0.456 e. The third-order valence-electron chi connectivity index (χ3n) is 3.15. The number of carbonyl (C=O) groups is 2. The number of esters is 1. The minimum absolute atomic E-state index is 0.150. The Morgan fingerprint density at radius 3 is 2.39 bits per heavy atom. The van der Waals surface area contributed by atoms with Gasteiger partial charge in [-0.2, -0.15) is 4.31 Å². The second-order valence-electron chi connectivity index (χ2n) is 4.87. The number of carbonyl (C=O) groups excluding carboxylic acids is 2. The Morgan fingerprint density at radius 1 is 1.22 bits per heavy atom. The summed E-state index contributed by atoms with van der Waals surface area (Å²) >= 11 is 0. The van der Waals surface area contributed by atoms with Crippen LogP contribution in [0.2, 0.25) is 0 Å². The summed E-state index contributed by atoms with van der Waals surface area (Å²) in [5.41, 5.74) is 0.420. The van der Waals surface area contributed by atoms with Crippen LogP contribution in [0.5, 0.6) is 0 Å². The molecule has 126 valence electrons. The maximum absolute atomic E-state index is 12.4. The summed E-state index contributed by atoms with van der Waals surface area (Å²) in [7, 11) is -3.56. The molecule has 0 atom stereocenters. The number of morpholine rings is 1. The third-order valence-corrected chi connectivity index (χ3v) is 5.07. The van der Waals surface area contributed by atoms with Crippen LogP contribution in [0.3, 0.4) is 0 Å². The Bertz CT molecular complexity index is 665. The fourth-order valence-electron chi connectivity index (χ4n) is 2.01. The molecule has 1 aliphatic rings. The number of amides is 1. The monoisotopic (exact) mass is 342 g/mol. The van der Waals surface area contributed by atoms with Crippen molar-refractivity contribution in [1.29, 1.82) is 0 Å². The van der Waals surface area contributed by atoms with E-state index in [1.807, 2.05) is 0 Å². The molecule has 1 heterocycles. The fraction of sp³-hybridized carbons (Fsp3) is 0.429. The number of nitrogens with one attached hydrogen (secondary N) is 1. The van der Waals surface area contributed by atoms with Crippen molar-refractivity contribution in [2.24, 2.45) is 0 Å². The van der Waals surface area contributed by atoms with Gasteiger partial charge in [0, 0.05) is 25.7 Å². The number of nitrogens with zero attached hydrogens (tertiary/aromatic N) is 1. The molecule has 1 aromatic rings. The van der Waals surface area contributed by atoms with Gasteiger partial charge in [0.1, 0.15) is 0 Å². The van der Waals surface area contributed by atoms with E-state index in [0.717, 1.165) is 0 Å². The molecule has 9 heteroatoms. The summed E-state index contributed by atoms with van der Waals surface area (Å²) in [6, 6.07) is 5.82. The van der Waals surface area contributed by atoms with Crippen molar-refractivity contribution in [3.05, 3.63) is 24.3 Å². The molecular weight excluding hydrogens is 324 g/mol. The maximum atomic E-state index is 12.4. The number of benzene rings is 1. The average Bonchev–Trinajstić information content (AvgIpc) is 2.54. The molecule has 0 saturated carbocycles. The van der Waals surface area contributed by atoms with Crippen LogP contribution in [0.25, 0.3) is 0 Å². The van der Waals surface area contributed by atoms with Crippen molar-refractivity contribution in [3.63, 3.8) is 0 Å². The number of sulfonamides is 1. The number of hydrogen-bond donors (Lipinski definition) is 1. The topological polar surface area (TPSA) is 102 Å². The fourth-order valence-corrected chi connectivity index (χ4v) is 3.42. The lowest BCUT2D eigenvalue weighted by atomic mass is 10.3. The van der Waals surface area contributed by atoms with Gasteiger partial charge in [0.2, 0.25) is 10.0 Å². The molecule has 1 N–H and O–H groups in total. The highest BCUT2D eigenvalue weighted by Gasteiger charge is 2.26. The SMILES string of the molecule is CC(=O)OCC(=O)Nc1ccc(S(=O)(=O)N2CCOCC2)cc1. The second-order valence-corrected chi connectivity index (χ2v) is 6.81. The van der Waals surface area contributed by atoms with E-state index in [9.17, 15) is 18.0 Å². The molecule has 0 aromatic heterocycles. The van der Waals surface area contributed by atoms with Gasteiger partial charge in [0.05, 0.1) is 18.1 Å². The number of anilines is 1. The highest BCUT2D eigenvalue weighted by molar-refractivity contribution is 7.89. The van der Waals surface area contributed by atoms with Crippen molar-refractivity contribution in [3.8, 4) is 0 Å². The first-order valence-corrected chi connectivity index (χ1v) is 8.45. The van der Waals surface area contributed by atoms with E-state index in [2.05, 4.69) is 10.1 Å². The van der Waals surface area contributed by atoms with Gasteiger partial charge < -0.3 is 14.8 Å². The Balaban J connectivity index is 2.01. The highest BCUT2D eigenvalue weighted by atomic mass is 32.2. The zero-order valence-corrected chi connectivity index (χ0v) is 13.5. The molecule has 1 fully saturated rings. The normalized spacial score (nSPS) is 15.9. The van der Waals surface area contributed by atoms with Crippen molar-refractivity contribution in [2.75, 3.05) is 38.2 Å². The van der Waals surface area contributed by atoms with Gasteiger partial charge in [-0.25, -0.2) is 8.42 Å². The Kier molecular flexibility index (Phi) is 5.69. The lowest BCUT2D eigenvalue weighted by Gasteiger charge is -2.26. The Morgan fingerprint density at radius 2 is 1.83 bits per heavy atom. The van der Waals surface area contributed by atoms with Gasteiger partial charge in [0.25, 0.3) is 5.91 Å². The standard InChI is InChI=1S/C14H18N2O6S/c1-11(17)22-10-14(18)15-12-2-4-13(5-3-12)23(19,20)16-6-8-21-9-7-16/h2-5H,6-10H2,1H3,(H,15,18). The first kappa shape index (κ1) is 17.4. The van der Waals surface area contributed by atoms with Crippen molar-refractivity contribution >= 4 is 27.6 Å². The molecule has 0 bridgehead atoms. The summed E-state index contributed by atoms with van der Waals surface area (Å²) in [6.07, 6.45) is 0. The van der Waals surface area contributed by atoms with Gasteiger partial charge in [-0.05, 0) is 24.3 Å². The van der Waals surface area contributed by atoms with Crippen LogP contribution < -0.4 is 5.32 Å². The summed E-state index contributed by atoms with van der Waals surface area (Å²) in [5.74, 6) is -1.05. The summed E-state index contributed by atoms with van der Waals surface area (Å²) in [4.78, 5) is 22.3. The molecule has 23 heavy (non-hydrogen) atoms. The van der Waals surface area contributed by atoms with Crippen LogP contribution in [0, 0.1) is 0 Å². The third kappa shape index (κ3) is 4.75. The van der Waals surface area contributed by atoms with E-state index in [4.69, 9.17) is 4.74 Å². The summed E-state index contributed by atoms with van der Waals surface area (Å²) in [6.45, 7) is 2.22. The zero-order valence-electron chi connectivity index (χ0n) is 12.6. The van der Waals surface area contributed by atoms with E-state index in [1.165, 1.54) is 35.5 Å². The molecule has 8 nitrogen and oxygen atoms in total. The van der Waals surface area contributed by atoms with E-state index >= 15 is 0 Å². The maximum Gasteiger partial charge on any atom is 0.303 e. The summed E-state index contributed by atoms with van der Waals surface area (Å²) in [5, 5.41) is 2.51. The van der Waals surface area contributed by atoms with E-state index in [0.29, 0.717) is 32.0 Å². The zero-order chi connectivity index (χ0) is 16.9. The molecule has 2 rings (SSSR count). The lowest BCUT2D eigenvalue weighted by Crippen LogP contribution is -2.40. The number of hydrogen-bond acceptors (Lipinski definition) is 6. The molecule has 1 saturated heterocycles. The Hall–Kier alpha value is -1.97. The minimum atomic E-state index is -3.56. The number of rotatable bonds is 5. The van der Waals surface area contributed by atoms with Gasteiger partial charge in [-0.15, -0.1) is 0 Å². The van der Waals surface area contributed by atoms with Crippen molar-refractivity contribution in [1.82, 2.24) is 4.31 Å². The van der Waals surface area contributed by atoms with Gasteiger partial charge in [-0.1, -0.05) is 0 Å². The van der Waals surface area contributed by atoms with Gasteiger partial charge in [0.15, 0.2) is 6.61 Å². The second kappa shape index (κ2) is 7.53. The van der Waals surface area contributed by atoms with E-state index < -0.39 is 21.9 Å². The largest absolute Gasteiger partial charge is 0.456 e. The molecular formula is C14H18N2O6S. The van der Waals surface area contributed by atoms with Crippen LogP contribution in [0.15, 0.2) is 29.2 Å². The molecule has 0 unspecified atom stereocenters. The number of ether oxygens (including phenoxy) is 2. The van der Waals surface area contributed by atoms with Gasteiger partial charge >= 0.3 is 5.97 Å². The smallest absolute Gasteiger partial charge is 0.303 e.